The van der Waals surface area contributed by atoms with E-state index in [-0.39, 0.29) is 16.6 Å². The lowest BCUT2D eigenvalue weighted by atomic mass is 9.97. The Hall–Kier alpha value is -1.99. The molecule has 1 atom stereocenters. The van der Waals surface area contributed by atoms with Crippen molar-refractivity contribution in [3.8, 4) is 0 Å². The van der Waals surface area contributed by atoms with Gasteiger partial charge < -0.3 is 5.32 Å². The number of carbonyl (C=O) groups excluding carboxylic acids is 2. The van der Waals surface area contributed by atoms with Gasteiger partial charge in [-0.3, -0.25) is 9.59 Å². The van der Waals surface area contributed by atoms with Crippen LogP contribution in [-0.4, -0.2) is 32.7 Å². The molecule has 0 spiro atoms. The molecule has 0 fully saturated rings. The highest BCUT2D eigenvalue weighted by molar-refractivity contribution is 7.89. The third-order valence-electron chi connectivity index (χ3n) is 4.43. The first-order valence-electron chi connectivity index (χ1n) is 8.88. The van der Waals surface area contributed by atoms with Crippen LogP contribution in [0.4, 0.5) is 0 Å². The van der Waals surface area contributed by atoms with Crippen molar-refractivity contribution >= 4 is 21.7 Å². The molecule has 1 aliphatic rings. The molecular formula is C19H26N2O4S. The highest BCUT2D eigenvalue weighted by atomic mass is 32.2. The Morgan fingerprint density at radius 2 is 1.85 bits per heavy atom. The molecule has 1 aromatic rings. The minimum absolute atomic E-state index is 0.0227. The summed E-state index contributed by atoms with van der Waals surface area (Å²) in [5, 5.41) is 2.78. The first-order valence-corrected chi connectivity index (χ1v) is 10.4. The molecule has 142 valence electrons. The lowest BCUT2D eigenvalue weighted by molar-refractivity contribution is -0.122. The minimum atomic E-state index is -3.83. The van der Waals surface area contributed by atoms with E-state index >= 15 is 0 Å². The van der Waals surface area contributed by atoms with Gasteiger partial charge in [-0.1, -0.05) is 23.8 Å². The summed E-state index contributed by atoms with van der Waals surface area (Å²) in [6, 6.07) is 4.75. The number of amides is 1. The van der Waals surface area contributed by atoms with E-state index in [2.05, 4.69) is 16.1 Å². The predicted octanol–water partition coefficient (Wildman–Crippen LogP) is 2.56. The second-order valence-corrected chi connectivity index (χ2v) is 8.29. The van der Waals surface area contributed by atoms with Crippen LogP contribution in [0.2, 0.25) is 0 Å². The second-order valence-electron chi connectivity index (χ2n) is 6.57. The fourth-order valence-electron chi connectivity index (χ4n) is 2.85. The van der Waals surface area contributed by atoms with Crippen LogP contribution in [0.1, 0.15) is 56.3 Å². The average molecular weight is 378 g/mol. The number of ketones is 1. The molecule has 2 N–H and O–H groups in total. The molecule has 6 nitrogen and oxygen atoms in total. The van der Waals surface area contributed by atoms with E-state index in [0.717, 1.165) is 19.3 Å². The summed E-state index contributed by atoms with van der Waals surface area (Å²) in [5.74, 6) is -0.493. The molecule has 2 rings (SSSR count). The standard InChI is InChI=1S/C19H26N2O4S/c1-14(19(23)20-13-12-16-6-4-3-5-7-16)21-26(24,25)18-10-8-17(9-11-18)15(2)22/h6,8-11,14,21H,3-5,7,12-13H2,1-2H3,(H,20,23)/t14-/m1/s1. The van der Waals surface area contributed by atoms with Crippen molar-refractivity contribution in [2.24, 2.45) is 0 Å². The molecule has 0 saturated carbocycles. The largest absolute Gasteiger partial charge is 0.354 e. The molecule has 1 aromatic carbocycles. The van der Waals surface area contributed by atoms with Crippen molar-refractivity contribution in [2.75, 3.05) is 6.54 Å². The Morgan fingerprint density at radius 3 is 2.42 bits per heavy atom. The van der Waals surface area contributed by atoms with Gasteiger partial charge in [0.25, 0.3) is 0 Å². The van der Waals surface area contributed by atoms with Gasteiger partial charge in [-0.15, -0.1) is 0 Å². The molecule has 0 aliphatic heterocycles. The van der Waals surface area contributed by atoms with Gasteiger partial charge in [0.05, 0.1) is 10.9 Å². The maximum absolute atomic E-state index is 12.4. The van der Waals surface area contributed by atoms with Gasteiger partial charge in [0.15, 0.2) is 5.78 Å². The van der Waals surface area contributed by atoms with Gasteiger partial charge in [0, 0.05) is 12.1 Å². The highest BCUT2D eigenvalue weighted by Crippen LogP contribution is 2.19. The summed E-state index contributed by atoms with van der Waals surface area (Å²) in [6.07, 6.45) is 7.63. The van der Waals surface area contributed by atoms with Crippen molar-refractivity contribution in [3.05, 3.63) is 41.5 Å². The van der Waals surface area contributed by atoms with Gasteiger partial charge in [0.2, 0.25) is 15.9 Å². The SMILES string of the molecule is CC(=O)c1ccc(S(=O)(=O)N[C@H](C)C(=O)NCCC2=CCCCC2)cc1. The van der Waals surface area contributed by atoms with E-state index in [1.165, 1.54) is 56.5 Å². The number of allylic oxidation sites excluding steroid dienone is 1. The van der Waals surface area contributed by atoms with E-state index in [1.54, 1.807) is 0 Å². The van der Waals surface area contributed by atoms with Gasteiger partial charge in [0.1, 0.15) is 0 Å². The summed E-state index contributed by atoms with van der Waals surface area (Å²) in [7, 11) is -3.83. The van der Waals surface area contributed by atoms with Crippen LogP contribution in [0.15, 0.2) is 40.8 Å². The van der Waals surface area contributed by atoms with Crippen LogP contribution in [-0.2, 0) is 14.8 Å². The van der Waals surface area contributed by atoms with Crippen molar-refractivity contribution in [1.29, 1.82) is 0 Å². The zero-order valence-corrected chi connectivity index (χ0v) is 16.1. The van der Waals surface area contributed by atoms with Gasteiger partial charge in [-0.25, -0.2) is 8.42 Å². The number of nitrogens with one attached hydrogen (secondary N) is 2. The van der Waals surface area contributed by atoms with Gasteiger partial charge >= 0.3 is 0 Å². The monoisotopic (exact) mass is 378 g/mol. The Morgan fingerprint density at radius 1 is 1.15 bits per heavy atom. The molecule has 0 radical (unpaired) electrons. The summed E-state index contributed by atoms with van der Waals surface area (Å²) in [4.78, 5) is 23.4. The fourth-order valence-corrected chi connectivity index (χ4v) is 4.06. The molecular weight excluding hydrogens is 352 g/mol. The van der Waals surface area contributed by atoms with Crippen LogP contribution in [0.5, 0.6) is 0 Å². The number of hydrogen-bond donors (Lipinski definition) is 2. The lowest BCUT2D eigenvalue weighted by Gasteiger charge is -2.16. The van der Waals surface area contributed by atoms with Crippen molar-refractivity contribution in [2.45, 2.75) is 56.9 Å². The normalized spacial score (nSPS) is 15.8. The summed E-state index contributed by atoms with van der Waals surface area (Å²) >= 11 is 0. The Kier molecular flexibility index (Phi) is 7.11. The highest BCUT2D eigenvalue weighted by Gasteiger charge is 2.22. The second kappa shape index (κ2) is 9.09. The number of Topliss-reactive ketones (excluding diaryl/α,β-unsaturated/α-hetero) is 1. The van der Waals surface area contributed by atoms with E-state index < -0.39 is 16.1 Å². The molecule has 0 aromatic heterocycles. The third kappa shape index (κ3) is 5.78. The molecule has 0 heterocycles. The minimum Gasteiger partial charge on any atom is -0.354 e. The number of hydrogen-bond acceptors (Lipinski definition) is 4. The maximum atomic E-state index is 12.4. The van der Waals surface area contributed by atoms with E-state index in [4.69, 9.17) is 0 Å². The van der Waals surface area contributed by atoms with Crippen molar-refractivity contribution in [3.63, 3.8) is 0 Å². The van der Waals surface area contributed by atoms with Crippen LogP contribution < -0.4 is 10.0 Å². The summed E-state index contributed by atoms with van der Waals surface area (Å²) in [5.41, 5.74) is 1.79. The fraction of sp³-hybridized carbons (Fsp3) is 0.474. The average Bonchev–Trinajstić information content (AvgIpc) is 2.62. The third-order valence-corrected chi connectivity index (χ3v) is 5.98. The quantitative estimate of drug-likeness (QED) is 0.537. The Bertz CT molecular complexity index is 782. The molecule has 0 bridgehead atoms. The predicted molar refractivity (Wildman–Crippen MR) is 100 cm³/mol. The van der Waals surface area contributed by atoms with E-state index in [9.17, 15) is 18.0 Å². The zero-order valence-electron chi connectivity index (χ0n) is 15.2. The number of carbonyl (C=O) groups is 2. The Balaban J connectivity index is 1.87. The van der Waals surface area contributed by atoms with Crippen LogP contribution in [0.25, 0.3) is 0 Å². The molecule has 1 amide bonds. The summed E-state index contributed by atoms with van der Waals surface area (Å²) < 4.78 is 27.1. The van der Waals surface area contributed by atoms with Gasteiger partial charge in [-0.05, 0) is 58.1 Å². The zero-order chi connectivity index (χ0) is 19.2. The molecule has 1 aliphatic carbocycles. The maximum Gasteiger partial charge on any atom is 0.241 e. The lowest BCUT2D eigenvalue weighted by Crippen LogP contribution is -2.45. The van der Waals surface area contributed by atoms with Crippen LogP contribution in [0, 0.1) is 0 Å². The smallest absolute Gasteiger partial charge is 0.241 e. The number of benzene rings is 1. The Labute approximate surface area is 155 Å². The molecule has 0 unspecified atom stereocenters. The topological polar surface area (TPSA) is 92.3 Å². The van der Waals surface area contributed by atoms with Crippen molar-refractivity contribution < 1.29 is 18.0 Å². The number of rotatable bonds is 8. The molecule has 26 heavy (non-hydrogen) atoms. The van der Waals surface area contributed by atoms with E-state index in [1.807, 2.05) is 0 Å². The molecule has 0 saturated heterocycles. The van der Waals surface area contributed by atoms with Crippen LogP contribution in [0.3, 0.4) is 0 Å². The first-order chi connectivity index (χ1) is 12.3. The number of sulfonamides is 1. The van der Waals surface area contributed by atoms with E-state index in [0.29, 0.717) is 12.1 Å². The van der Waals surface area contributed by atoms with Crippen molar-refractivity contribution in [1.82, 2.24) is 10.0 Å². The van der Waals surface area contributed by atoms with Crippen LogP contribution >= 0.6 is 0 Å². The molecule has 7 heteroatoms. The first kappa shape index (κ1) is 20.3. The van der Waals surface area contributed by atoms with Gasteiger partial charge in [-0.2, -0.15) is 4.72 Å². The summed E-state index contributed by atoms with van der Waals surface area (Å²) in [6.45, 7) is 3.43.